The van der Waals surface area contributed by atoms with Crippen molar-refractivity contribution in [1.29, 1.82) is 0 Å². The Kier molecular flexibility index (Phi) is 4.44. The molecule has 1 saturated heterocycles. The van der Waals surface area contributed by atoms with Crippen molar-refractivity contribution in [2.75, 3.05) is 6.54 Å². The molecule has 0 N–H and O–H groups in total. The molecule has 3 aromatic heterocycles. The van der Waals surface area contributed by atoms with E-state index in [0.29, 0.717) is 5.56 Å². The monoisotopic (exact) mass is 352 g/mol. The number of carbonyl (C=O) groups excluding carboxylic acids is 1. The number of rotatable bonds is 4. The number of hydrogen-bond donors (Lipinski definition) is 0. The number of amides is 1. The quantitative estimate of drug-likeness (QED) is 0.724. The van der Waals surface area contributed by atoms with Crippen molar-refractivity contribution in [3.8, 4) is 0 Å². The first-order valence-corrected chi connectivity index (χ1v) is 9.19. The molecule has 7 heteroatoms. The van der Waals surface area contributed by atoms with Crippen molar-refractivity contribution < 1.29 is 4.79 Å². The molecule has 1 aliphatic rings. The number of hydrogen-bond acceptors (Lipinski definition) is 4. The molecule has 7 nitrogen and oxygen atoms in total. The molecule has 4 heterocycles. The second-order valence-electron chi connectivity index (χ2n) is 7.03. The summed E-state index contributed by atoms with van der Waals surface area (Å²) in [6.45, 7) is 3.71. The van der Waals surface area contributed by atoms with Crippen LogP contribution in [0.4, 0.5) is 0 Å². The van der Waals surface area contributed by atoms with E-state index in [4.69, 9.17) is 0 Å². The molecule has 3 aromatic rings. The summed E-state index contributed by atoms with van der Waals surface area (Å²) < 4.78 is 4.01. The highest BCUT2D eigenvalue weighted by Crippen LogP contribution is 2.23. The summed E-state index contributed by atoms with van der Waals surface area (Å²) in [7, 11) is 1.91. The SMILES string of the molecule is Cc1nccn1CCC1CCCCN1C(=O)c1cnc2c(c1)ncn2C. The van der Waals surface area contributed by atoms with Gasteiger partial charge in [0.25, 0.3) is 5.91 Å². The maximum absolute atomic E-state index is 13.1. The van der Waals surface area contributed by atoms with Crippen molar-refractivity contribution in [1.82, 2.24) is 29.0 Å². The summed E-state index contributed by atoms with van der Waals surface area (Å²) in [5.41, 5.74) is 2.19. The zero-order valence-corrected chi connectivity index (χ0v) is 15.3. The third-order valence-corrected chi connectivity index (χ3v) is 5.31. The predicted molar refractivity (Wildman–Crippen MR) is 98.8 cm³/mol. The van der Waals surface area contributed by atoms with E-state index in [1.54, 1.807) is 12.5 Å². The number of aryl methyl sites for hydroxylation is 3. The van der Waals surface area contributed by atoms with Gasteiger partial charge in [-0.05, 0) is 38.7 Å². The molecule has 26 heavy (non-hydrogen) atoms. The van der Waals surface area contributed by atoms with E-state index in [-0.39, 0.29) is 11.9 Å². The molecule has 0 bridgehead atoms. The average molecular weight is 352 g/mol. The fourth-order valence-corrected chi connectivity index (χ4v) is 3.80. The number of nitrogens with zero attached hydrogens (tertiary/aromatic N) is 6. The zero-order chi connectivity index (χ0) is 18.1. The van der Waals surface area contributed by atoms with Crippen molar-refractivity contribution in [2.24, 2.45) is 7.05 Å². The summed E-state index contributed by atoms with van der Waals surface area (Å²) in [5.74, 6) is 1.08. The Bertz CT molecular complexity index is 927. The van der Waals surface area contributed by atoms with E-state index in [1.165, 1.54) is 6.42 Å². The molecule has 0 spiro atoms. The lowest BCUT2D eigenvalue weighted by atomic mass is 9.98. The number of likely N-dealkylation sites (tertiary alicyclic amines) is 1. The number of pyridine rings is 1. The minimum atomic E-state index is 0.0668. The van der Waals surface area contributed by atoms with Crippen LogP contribution in [-0.2, 0) is 13.6 Å². The Balaban J connectivity index is 1.52. The standard InChI is InChI=1S/C19H24N6O/c1-14-20-7-10-24(14)9-6-16-5-3-4-8-25(16)19(26)15-11-17-18(21-12-15)23(2)13-22-17/h7,10-13,16H,3-6,8-9H2,1-2H3. The van der Waals surface area contributed by atoms with Gasteiger partial charge in [0, 0.05) is 44.8 Å². The van der Waals surface area contributed by atoms with Gasteiger partial charge in [0.05, 0.1) is 11.9 Å². The van der Waals surface area contributed by atoms with E-state index in [0.717, 1.165) is 49.3 Å². The van der Waals surface area contributed by atoms with Crippen molar-refractivity contribution in [2.45, 2.75) is 45.2 Å². The van der Waals surface area contributed by atoms with Crippen molar-refractivity contribution >= 4 is 17.1 Å². The van der Waals surface area contributed by atoms with E-state index < -0.39 is 0 Å². The molecule has 1 fully saturated rings. The summed E-state index contributed by atoms with van der Waals surface area (Å²) in [6.07, 6.45) is 11.5. The normalized spacial score (nSPS) is 17.8. The molecule has 1 unspecified atom stereocenters. The van der Waals surface area contributed by atoms with Gasteiger partial charge in [-0.3, -0.25) is 4.79 Å². The van der Waals surface area contributed by atoms with Crippen LogP contribution in [0.25, 0.3) is 11.2 Å². The molecular weight excluding hydrogens is 328 g/mol. The molecule has 1 atom stereocenters. The minimum absolute atomic E-state index is 0.0668. The number of imidazole rings is 2. The Morgan fingerprint density at radius 1 is 1.27 bits per heavy atom. The van der Waals surface area contributed by atoms with Gasteiger partial charge in [-0.1, -0.05) is 0 Å². The van der Waals surface area contributed by atoms with Crippen LogP contribution in [0.5, 0.6) is 0 Å². The third kappa shape index (κ3) is 3.09. The lowest BCUT2D eigenvalue weighted by Gasteiger charge is -2.36. The summed E-state index contributed by atoms with van der Waals surface area (Å²) in [4.78, 5) is 28.2. The number of carbonyl (C=O) groups is 1. The maximum Gasteiger partial charge on any atom is 0.255 e. The maximum atomic E-state index is 13.1. The third-order valence-electron chi connectivity index (χ3n) is 5.31. The summed E-state index contributed by atoms with van der Waals surface area (Å²) in [6, 6.07) is 2.12. The second kappa shape index (κ2) is 6.90. The van der Waals surface area contributed by atoms with Crippen LogP contribution < -0.4 is 0 Å². The Morgan fingerprint density at radius 3 is 2.96 bits per heavy atom. The lowest BCUT2D eigenvalue weighted by molar-refractivity contribution is 0.0595. The topological polar surface area (TPSA) is 68.8 Å². The fraction of sp³-hybridized carbons (Fsp3) is 0.474. The van der Waals surface area contributed by atoms with Crippen LogP contribution in [0.15, 0.2) is 31.0 Å². The Morgan fingerprint density at radius 2 is 2.15 bits per heavy atom. The molecular formula is C19H24N6O. The molecule has 1 amide bonds. The zero-order valence-electron chi connectivity index (χ0n) is 15.3. The van der Waals surface area contributed by atoms with Gasteiger partial charge in [-0.2, -0.15) is 0 Å². The molecule has 0 radical (unpaired) electrons. The van der Waals surface area contributed by atoms with Gasteiger partial charge in [0.1, 0.15) is 11.3 Å². The lowest BCUT2D eigenvalue weighted by Crippen LogP contribution is -2.44. The van der Waals surface area contributed by atoms with Gasteiger partial charge in [0.2, 0.25) is 0 Å². The van der Waals surface area contributed by atoms with Crippen LogP contribution in [0.3, 0.4) is 0 Å². The summed E-state index contributed by atoms with van der Waals surface area (Å²) in [5, 5.41) is 0. The number of fused-ring (bicyclic) bond motifs is 1. The average Bonchev–Trinajstić information content (AvgIpc) is 3.25. The Labute approximate surface area is 152 Å². The highest BCUT2D eigenvalue weighted by molar-refractivity contribution is 5.96. The van der Waals surface area contributed by atoms with E-state index >= 15 is 0 Å². The largest absolute Gasteiger partial charge is 0.336 e. The van der Waals surface area contributed by atoms with Gasteiger partial charge in [0.15, 0.2) is 5.65 Å². The first kappa shape index (κ1) is 16.8. The molecule has 0 aliphatic carbocycles. The van der Waals surface area contributed by atoms with Crippen molar-refractivity contribution in [3.05, 3.63) is 42.4 Å². The number of aromatic nitrogens is 5. The predicted octanol–water partition coefficient (Wildman–Crippen LogP) is 2.56. The highest BCUT2D eigenvalue weighted by atomic mass is 16.2. The number of piperidine rings is 1. The Hall–Kier alpha value is -2.70. The minimum Gasteiger partial charge on any atom is -0.336 e. The highest BCUT2D eigenvalue weighted by Gasteiger charge is 2.28. The smallest absolute Gasteiger partial charge is 0.255 e. The van der Waals surface area contributed by atoms with E-state index in [1.807, 2.05) is 41.9 Å². The van der Waals surface area contributed by atoms with Crippen LogP contribution in [-0.4, -0.2) is 47.5 Å². The first-order valence-electron chi connectivity index (χ1n) is 9.19. The molecule has 0 aromatic carbocycles. The van der Waals surface area contributed by atoms with Gasteiger partial charge >= 0.3 is 0 Å². The van der Waals surface area contributed by atoms with Crippen LogP contribution in [0.1, 0.15) is 41.9 Å². The molecule has 0 saturated carbocycles. The van der Waals surface area contributed by atoms with Crippen molar-refractivity contribution in [3.63, 3.8) is 0 Å². The van der Waals surface area contributed by atoms with Gasteiger partial charge in [-0.25, -0.2) is 15.0 Å². The molecule has 4 rings (SSSR count). The van der Waals surface area contributed by atoms with Crippen LogP contribution in [0, 0.1) is 6.92 Å². The van der Waals surface area contributed by atoms with E-state index in [2.05, 4.69) is 19.5 Å². The first-order chi connectivity index (χ1) is 12.6. The van der Waals surface area contributed by atoms with Gasteiger partial charge < -0.3 is 14.0 Å². The van der Waals surface area contributed by atoms with Crippen LogP contribution in [0.2, 0.25) is 0 Å². The van der Waals surface area contributed by atoms with Gasteiger partial charge in [-0.15, -0.1) is 0 Å². The van der Waals surface area contributed by atoms with E-state index in [9.17, 15) is 4.79 Å². The van der Waals surface area contributed by atoms with Crippen LogP contribution >= 0.6 is 0 Å². The fourth-order valence-electron chi connectivity index (χ4n) is 3.80. The summed E-state index contributed by atoms with van der Waals surface area (Å²) >= 11 is 0. The molecule has 1 aliphatic heterocycles. The molecule has 136 valence electrons. The second-order valence-corrected chi connectivity index (χ2v) is 7.03.